The monoisotopic (exact) mass is 388 g/mol. The Kier molecular flexibility index (Phi) is 4.72. The van der Waals surface area contributed by atoms with Crippen LogP contribution in [0, 0.1) is 29.1 Å². The van der Waals surface area contributed by atoms with Crippen LogP contribution < -0.4 is 9.47 Å². The van der Waals surface area contributed by atoms with Gasteiger partial charge < -0.3 is 14.4 Å². The van der Waals surface area contributed by atoms with Crippen molar-refractivity contribution in [1.29, 1.82) is 5.26 Å². The molecule has 29 heavy (non-hydrogen) atoms. The fraction of sp³-hybridized carbons (Fsp3) is 0.480. The van der Waals surface area contributed by atoms with Crippen LogP contribution in [-0.2, 0) is 11.8 Å². The summed E-state index contributed by atoms with van der Waals surface area (Å²) in [7, 11) is 0. The normalized spacial score (nSPS) is 26.6. The van der Waals surface area contributed by atoms with Crippen molar-refractivity contribution in [3.05, 3.63) is 59.7 Å². The molecule has 1 aliphatic carbocycles. The van der Waals surface area contributed by atoms with Crippen LogP contribution in [0.15, 0.2) is 48.5 Å². The van der Waals surface area contributed by atoms with Gasteiger partial charge in [-0.25, -0.2) is 0 Å². The van der Waals surface area contributed by atoms with Crippen molar-refractivity contribution in [2.45, 2.75) is 31.6 Å². The number of benzene rings is 2. The summed E-state index contributed by atoms with van der Waals surface area (Å²) in [6.45, 7) is 5.95. The minimum atomic E-state index is -0.326. The van der Waals surface area contributed by atoms with Crippen molar-refractivity contribution in [2.75, 3.05) is 26.4 Å². The van der Waals surface area contributed by atoms with Gasteiger partial charge in [0.25, 0.3) is 0 Å². The predicted octanol–water partition coefficient (Wildman–Crippen LogP) is 4.40. The van der Waals surface area contributed by atoms with E-state index in [0.29, 0.717) is 12.7 Å². The summed E-state index contributed by atoms with van der Waals surface area (Å²) in [6, 6.07) is 19.4. The van der Waals surface area contributed by atoms with E-state index in [0.717, 1.165) is 49.1 Å². The first-order chi connectivity index (χ1) is 14.2. The molecule has 2 fully saturated rings. The Balaban J connectivity index is 1.16. The second kappa shape index (κ2) is 7.39. The molecule has 3 unspecified atom stereocenters. The van der Waals surface area contributed by atoms with E-state index in [1.165, 1.54) is 24.2 Å². The molecule has 150 valence electrons. The number of ether oxygens (including phenoxy) is 2. The Morgan fingerprint density at radius 3 is 2.55 bits per heavy atom. The molecule has 3 atom stereocenters. The lowest BCUT2D eigenvalue weighted by Gasteiger charge is -2.28. The first-order valence-electron chi connectivity index (χ1n) is 10.8. The number of nitrogens with zero attached hydrogens (tertiary/aromatic N) is 2. The topological polar surface area (TPSA) is 45.5 Å². The average Bonchev–Trinajstić information content (AvgIpc) is 3.13. The van der Waals surface area contributed by atoms with Crippen LogP contribution in [0.2, 0.25) is 0 Å². The molecule has 0 aromatic heterocycles. The highest BCUT2D eigenvalue weighted by Gasteiger charge is 2.57. The van der Waals surface area contributed by atoms with Crippen molar-refractivity contribution >= 4 is 0 Å². The van der Waals surface area contributed by atoms with Crippen LogP contribution in [-0.4, -0.2) is 31.3 Å². The number of hydrogen-bond acceptors (Lipinski definition) is 4. The molecule has 0 N–H and O–H groups in total. The summed E-state index contributed by atoms with van der Waals surface area (Å²) >= 11 is 0. The first-order valence-corrected chi connectivity index (χ1v) is 10.8. The third-order valence-electron chi connectivity index (χ3n) is 7.33. The van der Waals surface area contributed by atoms with Crippen LogP contribution in [0.4, 0.5) is 0 Å². The highest BCUT2D eigenvalue weighted by atomic mass is 16.7. The number of nitriles is 1. The van der Waals surface area contributed by atoms with E-state index in [1.54, 1.807) is 0 Å². The van der Waals surface area contributed by atoms with Gasteiger partial charge in [-0.1, -0.05) is 43.3 Å². The summed E-state index contributed by atoms with van der Waals surface area (Å²) in [5, 5.41) is 10.0. The molecule has 0 amide bonds. The molecule has 4 heteroatoms. The molecule has 0 bridgehead atoms. The molecule has 2 aromatic carbocycles. The average molecular weight is 389 g/mol. The Hall–Kier alpha value is -2.51. The van der Waals surface area contributed by atoms with E-state index < -0.39 is 0 Å². The minimum Gasteiger partial charge on any atom is -0.454 e. The Bertz CT molecular complexity index is 910. The molecule has 2 aromatic rings. The van der Waals surface area contributed by atoms with Gasteiger partial charge in [0, 0.05) is 19.6 Å². The zero-order chi connectivity index (χ0) is 19.8. The third-order valence-corrected chi connectivity index (χ3v) is 7.33. The van der Waals surface area contributed by atoms with Gasteiger partial charge in [0.2, 0.25) is 6.79 Å². The maximum Gasteiger partial charge on any atom is 0.231 e. The zero-order valence-corrected chi connectivity index (χ0v) is 17.0. The lowest BCUT2D eigenvalue weighted by molar-refractivity contribution is 0.174. The van der Waals surface area contributed by atoms with Gasteiger partial charge in [-0.15, -0.1) is 0 Å². The molecular formula is C25H28N2O2. The van der Waals surface area contributed by atoms with Gasteiger partial charge in [0.05, 0.1) is 11.5 Å². The van der Waals surface area contributed by atoms with Gasteiger partial charge in [0.15, 0.2) is 11.5 Å². The van der Waals surface area contributed by atoms with Gasteiger partial charge in [0.1, 0.15) is 0 Å². The summed E-state index contributed by atoms with van der Waals surface area (Å²) in [5.74, 6) is 3.98. The van der Waals surface area contributed by atoms with Crippen LogP contribution in [0.1, 0.15) is 30.9 Å². The molecule has 2 aliphatic heterocycles. The van der Waals surface area contributed by atoms with E-state index >= 15 is 0 Å². The van der Waals surface area contributed by atoms with Gasteiger partial charge in [-0.2, -0.15) is 5.26 Å². The number of fused-ring (bicyclic) bond motifs is 2. The summed E-state index contributed by atoms with van der Waals surface area (Å²) < 4.78 is 10.9. The number of hydrogen-bond donors (Lipinski definition) is 0. The second-order valence-corrected chi connectivity index (χ2v) is 8.81. The van der Waals surface area contributed by atoms with Crippen molar-refractivity contribution in [3.8, 4) is 17.6 Å². The van der Waals surface area contributed by atoms with Crippen LogP contribution >= 0.6 is 0 Å². The molecule has 1 saturated heterocycles. The molecule has 2 heterocycles. The van der Waals surface area contributed by atoms with E-state index in [2.05, 4.69) is 54.3 Å². The second-order valence-electron chi connectivity index (χ2n) is 8.81. The number of piperidine rings is 1. The molecule has 0 radical (unpaired) electrons. The maximum absolute atomic E-state index is 10.0. The van der Waals surface area contributed by atoms with E-state index in [1.807, 2.05) is 12.1 Å². The van der Waals surface area contributed by atoms with Crippen molar-refractivity contribution in [2.24, 2.45) is 17.8 Å². The maximum atomic E-state index is 10.0. The molecule has 4 nitrogen and oxygen atoms in total. The highest BCUT2D eigenvalue weighted by Crippen LogP contribution is 2.57. The summed E-state index contributed by atoms with van der Waals surface area (Å²) in [5.41, 5.74) is 2.17. The van der Waals surface area contributed by atoms with Crippen LogP contribution in [0.5, 0.6) is 11.5 Å². The van der Waals surface area contributed by atoms with Crippen molar-refractivity contribution in [3.63, 3.8) is 0 Å². The van der Waals surface area contributed by atoms with E-state index in [9.17, 15) is 5.26 Å². The molecule has 5 rings (SSSR count). The fourth-order valence-electron chi connectivity index (χ4n) is 5.42. The predicted molar refractivity (Wildman–Crippen MR) is 112 cm³/mol. The van der Waals surface area contributed by atoms with Gasteiger partial charge in [-0.05, 0) is 60.3 Å². The summed E-state index contributed by atoms with van der Waals surface area (Å²) in [4.78, 5) is 2.60. The lowest BCUT2D eigenvalue weighted by Crippen LogP contribution is -2.30. The minimum absolute atomic E-state index is 0.326. The zero-order valence-electron chi connectivity index (χ0n) is 17.0. The third kappa shape index (κ3) is 3.38. The standard InChI is InChI=1S/C25H28N2O2/c1-2-25(16-26,19-6-4-3-5-7-19)13-20-21-14-27(15-22(20)21)11-10-18-8-9-23-24(12-18)29-17-28-23/h3-9,12,20-22H,2,10-11,13-15,17H2,1H3. The van der Waals surface area contributed by atoms with E-state index in [-0.39, 0.29) is 5.41 Å². The SMILES string of the molecule is CCC(C#N)(CC1C2CN(CCc3ccc4c(c3)OCO4)CC21)c1ccccc1. The fourth-order valence-corrected chi connectivity index (χ4v) is 5.42. The number of rotatable bonds is 7. The Morgan fingerprint density at radius 1 is 1.07 bits per heavy atom. The van der Waals surface area contributed by atoms with Gasteiger partial charge in [-0.3, -0.25) is 0 Å². The quantitative estimate of drug-likeness (QED) is 0.705. The molecule has 3 aliphatic rings. The van der Waals surface area contributed by atoms with Crippen LogP contribution in [0.25, 0.3) is 0 Å². The van der Waals surface area contributed by atoms with E-state index in [4.69, 9.17) is 9.47 Å². The lowest BCUT2D eigenvalue weighted by atomic mass is 9.74. The largest absolute Gasteiger partial charge is 0.454 e. The Labute approximate surface area is 173 Å². The Morgan fingerprint density at radius 2 is 1.83 bits per heavy atom. The van der Waals surface area contributed by atoms with Crippen molar-refractivity contribution in [1.82, 2.24) is 4.90 Å². The molecule has 0 spiro atoms. The van der Waals surface area contributed by atoms with Crippen molar-refractivity contribution < 1.29 is 9.47 Å². The van der Waals surface area contributed by atoms with Crippen LogP contribution in [0.3, 0.4) is 0 Å². The highest BCUT2D eigenvalue weighted by molar-refractivity contribution is 5.44. The molecule has 1 saturated carbocycles. The molecular weight excluding hydrogens is 360 g/mol. The number of likely N-dealkylation sites (tertiary alicyclic amines) is 1. The summed E-state index contributed by atoms with van der Waals surface area (Å²) in [6.07, 6.45) is 2.94. The van der Waals surface area contributed by atoms with Gasteiger partial charge >= 0.3 is 0 Å². The smallest absolute Gasteiger partial charge is 0.231 e. The first kappa shape index (κ1) is 18.5.